The monoisotopic (exact) mass is 289 g/mol. The van der Waals surface area contributed by atoms with Gasteiger partial charge in [0.1, 0.15) is 0 Å². The Morgan fingerprint density at radius 2 is 2.10 bits per heavy atom. The maximum atomic E-state index is 5.33. The minimum Gasteiger partial charge on any atom is -0.382 e. The zero-order valence-corrected chi connectivity index (χ0v) is 13.1. The molecule has 0 radical (unpaired) electrons. The van der Waals surface area contributed by atoms with E-state index in [4.69, 9.17) is 4.74 Å². The summed E-state index contributed by atoms with van der Waals surface area (Å²) in [5, 5.41) is 6.87. The minimum atomic E-state index is 0.516. The predicted molar refractivity (Wildman–Crippen MR) is 87.8 cm³/mol. The van der Waals surface area contributed by atoms with Crippen molar-refractivity contribution >= 4 is 5.96 Å². The molecule has 0 amide bonds. The van der Waals surface area contributed by atoms with Gasteiger partial charge in [-0.15, -0.1) is 0 Å². The normalized spacial score (nSPS) is 21.1. The fourth-order valence-corrected chi connectivity index (χ4v) is 2.47. The lowest BCUT2D eigenvalue weighted by Gasteiger charge is -2.11. The summed E-state index contributed by atoms with van der Waals surface area (Å²) in [4.78, 5) is 4.29. The van der Waals surface area contributed by atoms with Crippen LogP contribution in [0.1, 0.15) is 37.7 Å². The highest BCUT2D eigenvalue weighted by atomic mass is 16.5. The van der Waals surface area contributed by atoms with Crippen LogP contribution in [0.5, 0.6) is 0 Å². The molecule has 1 aliphatic carbocycles. The molecule has 2 unspecified atom stereocenters. The minimum absolute atomic E-state index is 0.516. The van der Waals surface area contributed by atoms with Crippen molar-refractivity contribution in [1.29, 1.82) is 0 Å². The van der Waals surface area contributed by atoms with E-state index in [2.05, 4.69) is 46.0 Å². The lowest BCUT2D eigenvalue weighted by atomic mass is 10.1. The Morgan fingerprint density at radius 1 is 1.29 bits per heavy atom. The Bertz CT molecular complexity index is 433. The number of unbranched alkanes of at least 4 members (excludes halogenated alkanes) is 1. The molecule has 116 valence electrons. The van der Waals surface area contributed by atoms with Crippen molar-refractivity contribution in [1.82, 2.24) is 10.6 Å². The van der Waals surface area contributed by atoms with Crippen molar-refractivity contribution in [3.05, 3.63) is 35.9 Å². The summed E-state index contributed by atoms with van der Waals surface area (Å²) in [5.74, 6) is 1.54. The van der Waals surface area contributed by atoms with Gasteiger partial charge >= 0.3 is 0 Å². The number of hydrogen-bond donors (Lipinski definition) is 2. The number of guanidine groups is 1. The summed E-state index contributed by atoms with van der Waals surface area (Å²) in [6.07, 6.45) is 3.39. The highest BCUT2D eigenvalue weighted by Gasteiger charge is 2.38. The average Bonchev–Trinajstić information content (AvgIpc) is 3.29. The molecule has 0 saturated heterocycles. The van der Waals surface area contributed by atoms with Crippen LogP contribution in [0.15, 0.2) is 35.3 Å². The summed E-state index contributed by atoms with van der Waals surface area (Å²) >= 11 is 0. The number of benzene rings is 1. The van der Waals surface area contributed by atoms with Gasteiger partial charge < -0.3 is 15.4 Å². The van der Waals surface area contributed by atoms with E-state index in [-0.39, 0.29) is 0 Å². The van der Waals surface area contributed by atoms with Crippen molar-refractivity contribution in [3.8, 4) is 0 Å². The van der Waals surface area contributed by atoms with E-state index in [0.29, 0.717) is 12.0 Å². The Morgan fingerprint density at radius 3 is 2.81 bits per heavy atom. The third-order valence-corrected chi connectivity index (χ3v) is 3.78. The molecule has 1 aliphatic rings. The van der Waals surface area contributed by atoms with Gasteiger partial charge in [0.25, 0.3) is 0 Å². The molecular formula is C17H27N3O. The van der Waals surface area contributed by atoms with Crippen LogP contribution in [0.2, 0.25) is 0 Å². The Balaban J connectivity index is 1.63. The molecule has 0 heterocycles. The van der Waals surface area contributed by atoms with Gasteiger partial charge in [-0.05, 0) is 31.7 Å². The zero-order chi connectivity index (χ0) is 14.9. The largest absolute Gasteiger partial charge is 0.382 e. The fraction of sp³-hybridized carbons (Fsp3) is 0.588. The molecule has 1 aromatic rings. The smallest absolute Gasteiger partial charge is 0.191 e. The van der Waals surface area contributed by atoms with E-state index in [9.17, 15) is 0 Å². The molecule has 4 nitrogen and oxygen atoms in total. The van der Waals surface area contributed by atoms with E-state index >= 15 is 0 Å². The molecule has 21 heavy (non-hydrogen) atoms. The number of nitrogens with one attached hydrogen (secondary N) is 2. The first-order chi connectivity index (χ1) is 10.3. The first-order valence-electron chi connectivity index (χ1n) is 7.95. The molecule has 0 bridgehead atoms. The Kier molecular flexibility index (Phi) is 6.54. The first-order valence-corrected chi connectivity index (χ1v) is 7.95. The number of nitrogens with zero attached hydrogens (tertiary/aromatic N) is 1. The number of aliphatic imine (C=N–C) groups is 1. The van der Waals surface area contributed by atoms with Crippen LogP contribution >= 0.6 is 0 Å². The SMILES string of the molecule is CCOCCCCNC(=NC)NC1CC1c1ccccc1. The third-order valence-electron chi connectivity index (χ3n) is 3.78. The molecule has 0 aromatic heterocycles. The molecule has 1 saturated carbocycles. The van der Waals surface area contributed by atoms with Crippen LogP contribution in [0.25, 0.3) is 0 Å². The van der Waals surface area contributed by atoms with Gasteiger partial charge in [-0.2, -0.15) is 0 Å². The number of hydrogen-bond acceptors (Lipinski definition) is 2. The highest BCUT2D eigenvalue weighted by molar-refractivity contribution is 5.80. The van der Waals surface area contributed by atoms with Crippen molar-refractivity contribution in [2.24, 2.45) is 4.99 Å². The quantitative estimate of drug-likeness (QED) is 0.439. The lowest BCUT2D eigenvalue weighted by molar-refractivity contribution is 0.143. The van der Waals surface area contributed by atoms with Gasteiger partial charge in [-0.3, -0.25) is 4.99 Å². The summed E-state index contributed by atoms with van der Waals surface area (Å²) < 4.78 is 5.33. The van der Waals surface area contributed by atoms with Crippen LogP contribution < -0.4 is 10.6 Å². The molecular weight excluding hydrogens is 262 g/mol. The summed E-state index contributed by atoms with van der Waals surface area (Å²) in [7, 11) is 1.83. The van der Waals surface area contributed by atoms with Gasteiger partial charge in [0.05, 0.1) is 0 Å². The summed E-state index contributed by atoms with van der Waals surface area (Å²) in [5.41, 5.74) is 1.42. The van der Waals surface area contributed by atoms with Crippen LogP contribution in [-0.2, 0) is 4.74 Å². The van der Waals surface area contributed by atoms with Gasteiger partial charge in [-0.1, -0.05) is 30.3 Å². The standard InChI is InChI=1S/C17H27N3O/c1-3-21-12-8-7-11-19-17(18-2)20-16-13-15(16)14-9-5-4-6-10-14/h4-6,9-10,15-16H,3,7-8,11-13H2,1-2H3,(H2,18,19,20). The fourth-order valence-electron chi connectivity index (χ4n) is 2.47. The van der Waals surface area contributed by atoms with E-state index in [1.807, 2.05) is 14.0 Å². The summed E-state index contributed by atoms with van der Waals surface area (Å²) in [6, 6.07) is 11.2. The second kappa shape index (κ2) is 8.67. The maximum absolute atomic E-state index is 5.33. The van der Waals surface area contributed by atoms with Gasteiger partial charge in [-0.25, -0.2) is 0 Å². The molecule has 1 fully saturated rings. The molecule has 2 atom stereocenters. The third kappa shape index (κ3) is 5.38. The topological polar surface area (TPSA) is 45.6 Å². The second-order valence-corrected chi connectivity index (χ2v) is 5.41. The second-order valence-electron chi connectivity index (χ2n) is 5.41. The van der Waals surface area contributed by atoms with Gasteiger partial charge in [0.15, 0.2) is 5.96 Å². The van der Waals surface area contributed by atoms with Crippen LogP contribution in [-0.4, -0.2) is 38.8 Å². The predicted octanol–water partition coefficient (Wildman–Crippen LogP) is 2.52. The molecule has 2 N–H and O–H groups in total. The number of rotatable bonds is 8. The molecule has 2 rings (SSSR count). The van der Waals surface area contributed by atoms with Crippen molar-refractivity contribution in [2.45, 2.75) is 38.1 Å². The van der Waals surface area contributed by atoms with Crippen LogP contribution in [0.4, 0.5) is 0 Å². The van der Waals surface area contributed by atoms with E-state index in [0.717, 1.165) is 38.6 Å². The summed E-state index contributed by atoms with van der Waals surface area (Å²) in [6.45, 7) is 4.63. The number of ether oxygens (including phenoxy) is 1. The Hall–Kier alpha value is -1.55. The van der Waals surface area contributed by atoms with E-state index in [1.165, 1.54) is 12.0 Å². The van der Waals surface area contributed by atoms with Gasteiger partial charge in [0, 0.05) is 38.8 Å². The zero-order valence-electron chi connectivity index (χ0n) is 13.1. The van der Waals surface area contributed by atoms with E-state index < -0.39 is 0 Å². The maximum Gasteiger partial charge on any atom is 0.191 e. The Labute approximate surface area is 128 Å². The van der Waals surface area contributed by atoms with E-state index in [1.54, 1.807) is 0 Å². The van der Waals surface area contributed by atoms with Crippen molar-refractivity contribution < 1.29 is 4.74 Å². The van der Waals surface area contributed by atoms with Crippen LogP contribution in [0, 0.1) is 0 Å². The lowest BCUT2D eigenvalue weighted by Crippen LogP contribution is -2.39. The molecule has 1 aromatic carbocycles. The van der Waals surface area contributed by atoms with Crippen LogP contribution in [0.3, 0.4) is 0 Å². The first kappa shape index (κ1) is 15.8. The molecule has 4 heteroatoms. The average molecular weight is 289 g/mol. The molecule has 0 aliphatic heterocycles. The van der Waals surface area contributed by atoms with Gasteiger partial charge in [0.2, 0.25) is 0 Å². The highest BCUT2D eigenvalue weighted by Crippen LogP contribution is 2.40. The van der Waals surface area contributed by atoms with Crippen molar-refractivity contribution in [2.75, 3.05) is 26.8 Å². The molecule has 0 spiro atoms. The van der Waals surface area contributed by atoms with Crippen molar-refractivity contribution in [3.63, 3.8) is 0 Å².